The molecule has 1 aliphatic rings. The molecule has 2 unspecified atom stereocenters. The lowest BCUT2D eigenvalue weighted by Gasteiger charge is -2.21. The molecule has 6 N–H and O–H groups in total. The molecule has 390 valence electrons. The Hall–Kier alpha value is -7.21. The molecule has 0 saturated heterocycles. The molecule has 73 heavy (non-hydrogen) atoms. The molecular weight excluding hydrogens is 983 g/mol. The van der Waals surface area contributed by atoms with E-state index >= 15 is 0 Å². The Bertz CT molecular complexity index is 2980. The van der Waals surface area contributed by atoms with Crippen molar-refractivity contribution in [3.8, 4) is 11.1 Å². The summed E-state index contributed by atoms with van der Waals surface area (Å²) in [7, 11) is -7.30. The van der Waals surface area contributed by atoms with Gasteiger partial charge in [-0.15, -0.1) is 0 Å². The van der Waals surface area contributed by atoms with E-state index in [0.717, 1.165) is 55.2 Å². The Morgan fingerprint density at radius 3 is 2.11 bits per heavy atom. The van der Waals surface area contributed by atoms with Gasteiger partial charge in [0, 0.05) is 56.5 Å². The number of benzene rings is 4. The van der Waals surface area contributed by atoms with Crippen LogP contribution >= 0.6 is 0 Å². The third-order valence-electron chi connectivity index (χ3n) is 11.2. The summed E-state index contributed by atoms with van der Waals surface area (Å²) in [4.78, 5) is 68.4. The Labute approximate surface area is 424 Å². The number of rotatable bonds is 23. The number of nitrogens with one attached hydrogen (secondary N) is 6. The first-order valence-corrected chi connectivity index (χ1v) is 26.5. The number of sulfonamides is 2. The number of fused-ring (bicyclic) bond motifs is 1. The van der Waals surface area contributed by atoms with Crippen LogP contribution in [0.5, 0.6) is 0 Å². The number of nitrogens with zero attached hydrogens (tertiary/aromatic N) is 3. The quantitative estimate of drug-likeness (QED) is 0.0307. The lowest BCUT2D eigenvalue weighted by molar-refractivity contribution is -0.155. The number of aromatic nitrogens is 2. The van der Waals surface area contributed by atoms with Gasteiger partial charge in [-0.2, -0.15) is 9.82 Å². The van der Waals surface area contributed by atoms with E-state index in [2.05, 4.69) is 40.8 Å². The Kier molecular flexibility index (Phi) is 19.2. The van der Waals surface area contributed by atoms with Crippen molar-refractivity contribution in [2.45, 2.75) is 93.5 Å². The van der Waals surface area contributed by atoms with Gasteiger partial charge in [-0.25, -0.2) is 26.4 Å². The number of ether oxygens (including phenoxy) is 3. The summed E-state index contributed by atoms with van der Waals surface area (Å²) in [5, 5.41) is 16.2. The van der Waals surface area contributed by atoms with Crippen molar-refractivity contribution in [3.63, 3.8) is 0 Å². The van der Waals surface area contributed by atoms with Crippen LogP contribution in [0.25, 0.3) is 22.0 Å². The van der Waals surface area contributed by atoms with Gasteiger partial charge in [0.15, 0.2) is 0 Å². The van der Waals surface area contributed by atoms with Gasteiger partial charge in [0.2, 0.25) is 26.0 Å². The van der Waals surface area contributed by atoms with E-state index in [9.17, 15) is 40.8 Å². The van der Waals surface area contributed by atoms with Crippen molar-refractivity contribution in [1.82, 2.24) is 40.5 Å². The fourth-order valence-electron chi connectivity index (χ4n) is 7.48. The van der Waals surface area contributed by atoms with Crippen molar-refractivity contribution in [1.29, 1.82) is 0 Å². The summed E-state index contributed by atoms with van der Waals surface area (Å²) in [6, 6.07) is 22.7. The number of hydrogen-bond acceptors (Lipinski definition) is 15. The van der Waals surface area contributed by atoms with Crippen molar-refractivity contribution in [2.75, 3.05) is 39.8 Å². The number of methoxy groups -OCH3 is 1. The van der Waals surface area contributed by atoms with Gasteiger partial charge >= 0.3 is 18.0 Å². The molecule has 2 atom stereocenters. The number of alkyl carbamates (subject to hydrolysis) is 1. The lowest BCUT2D eigenvalue weighted by atomic mass is 10.1. The zero-order valence-electron chi connectivity index (χ0n) is 41.0. The second-order valence-corrected chi connectivity index (χ2v) is 21.4. The Balaban J connectivity index is 0.985. The number of hydrogen-bond donors (Lipinski definition) is 6. The molecule has 23 heteroatoms. The second-order valence-electron chi connectivity index (χ2n) is 17.9. The molecule has 2 heterocycles. The minimum Gasteiger partial charge on any atom is -0.468 e. The average Bonchev–Trinajstić information content (AvgIpc) is 3.78. The maximum atomic E-state index is 13.5. The van der Waals surface area contributed by atoms with Crippen LogP contribution in [-0.2, 0) is 61.8 Å². The fraction of sp³-hybridized carbons (Fsp3) is 0.380. The van der Waals surface area contributed by atoms with Crippen molar-refractivity contribution < 1.29 is 55.0 Å². The molecule has 0 bridgehead atoms. The normalized spacial score (nSPS) is 13.7. The number of aliphatic imine (C=N–C) groups is 1. The predicted molar refractivity (Wildman–Crippen MR) is 271 cm³/mol. The second kappa shape index (κ2) is 25.4. The SMILES string of the molecule is COC(=O)C(CNC(=O)c1ccc2c(cnn2CCNC2=NCCCC2)c1)NS(=O)(=O)c1ccc(-c2ccc(S(=O)(=O)NCCNC(=O)C(CCC(=O)OC(C)(C)C)NC(=O)OCc3ccccc3)cc2)cc1. The van der Waals surface area contributed by atoms with Gasteiger partial charge in [-0.05, 0) is 99.2 Å². The number of carbonyl (C=O) groups excluding carboxylic acids is 5. The number of esters is 2. The van der Waals surface area contributed by atoms with Crippen LogP contribution in [0.2, 0.25) is 0 Å². The third-order valence-corrected chi connectivity index (χ3v) is 14.2. The predicted octanol–water partition coefficient (Wildman–Crippen LogP) is 3.94. The summed E-state index contributed by atoms with van der Waals surface area (Å²) in [6.07, 6.45) is 3.60. The Morgan fingerprint density at radius 2 is 1.47 bits per heavy atom. The van der Waals surface area contributed by atoms with Gasteiger partial charge in [-0.3, -0.25) is 28.9 Å². The van der Waals surface area contributed by atoms with Gasteiger partial charge < -0.3 is 35.5 Å². The van der Waals surface area contributed by atoms with Crippen LogP contribution in [-0.4, -0.2) is 120 Å². The lowest BCUT2D eigenvalue weighted by Crippen LogP contribution is -2.48. The molecule has 0 aliphatic carbocycles. The van der Waals surface area contributed by atoms with E-state index in [4.69, 9.17) is 14.2 Å². The van der Waals surface area contributed by atoms with Gasteiger partial charge in [0.05, 0.1) is 41.0 Å². The van der Waals surface area contributed by atoms with Crippen molar-refractivity contribution >= 4 is 66.6 Å². The van der Waals surface area contributed by atoms with E-state index in [1.54, 1.807) is 69.4 Å². The van der Waals surface area contributed by atoms with Gasteiger partial charge in [0.1, 0.15) is 24.3 Å². The third kappa shape index (κ3) is 16.7. The van der Waals surface area contributed by atoms with Crippen molar-refractivity contribution in [3.05, 3.63) is 114 Å². The molecule has 0 fully saturated rings. The van der Waals surface area contributed by atoms with E-state index in [0.29, 0.717) is 24.2 Å². The molecule has 1 aliphatic heterocycles. The topological polar surface area (TPSA) is 284 Å². The maximum absolute atomic E-state index is 13.5. The molecule has 5 aromatic rings. The molecule has 1 aromatic heterocycles. The zero-order chi connectivity index (χ0) is 52.6. The number of amides is 3. The minimum absolute atomic E-state index is 0.0554. The smallest absolute Gasteiger partial charge is 0.408 e. The Morgan fingerprint density at radius 1 is 0.781 bits per heavy atom. The molecule has 21 nitrogen and oxygen atoms in total. The number of amidine groups is 1. The molecule has 0 saturated carbocycles. The van der Waals surface area contributed by atoms with Crippen molar-refractivity contribution in [2.24, 2.45) is 4.99 Å². The highest BCUT2D eigenvalue weighted by atomic mass is 32.2. The van der Waals surface area contributed by atoms with Crippen LogP contribution < -0.4 is 30.7 Å². The van der Waals surface area contributed by atoms with Crippen LogP contribution in [0.15, 0.2) is 118 Å². The molecule has 0 spiro atoms. The summed E-state index contributed by atoms with van der Waals surface area (Å²) in [6.45, 7) is 6.30. The highest BCUT2D eigenvalue weighted by Gasteiger charge is 2.28. The van der Waals surface area contributed by atoms with Crippen LogP contribution in [0.3, 0.4) is 0 Å². The maximum Gasteiger partial charge on any atom is 0.408 e. The summed E-state index contributed by atoms with van der Waals surface area (Å²) in [5.74, 6) is -1.72. The molecule has 3 amide bonds. The highest BCUT2D eigenvalue weighted by Crippen LogP contribution is 2.24. The van der Waals surface area contributed by atoms with E-state index < -0.39 is 74.1 Å². The van der Waals surface area contributed by atoms with Crippen LogP contribution in [0.4, 0.5) is 4.79 Å². The summed E-state index contributed by atoms with van der Waals surface area (Å²) >= 11 is 0. The first kappa shape index (κ1) is 55.1. The molecule has 0 radical (unpaired) electrons. The van der Waals surface area contributed by atoms with Crippen LogP contribution in [0, 0.1) is 0 Å². The highest BCUT2D eigenvalue weighted by molar-refractivity contribution is 7.89. The van der Waals surface area contributed by atoms with Crippen LogP contribution in [0.1, 0.15) is 68.8 Å². The monoisotopic (exact) mass is 1040 g/mol. The average molecular weight is 1040 g/mol. The van der Waals surface area contributed by atoms with E-state index in [1.807, 2.05) is 10.7 Å². The van der Waals surface area contributed by atoms with E-state index in [1.165, 1.54) is 48.5 Å². The fourth-order valence-corrected chi connectivity index (χ4v) is 9.70. The first-order chi connectivity index (χ1) is 34.8. The standard InChI is InChI=1S/C50H61N9O12S2/c1-50(2,3)71-45(60)24-22-41(57-49(64)70-33-34-10-6-5-7-11-34)47(62)53-26-27-56-72(65,66)39-18-13-35(14-19-39)36-15-20-40(21-16-36)73(67,68)58-42(48(63)69-4)32-54-46(61)37-17-23-43-38(30-37)31-55-59(43)29-28-52-44-12-8-9-25-51-44/h5-7,10-11,13-21,23,30-31,41-42,56,58H,8-9,12,22,24-29,32-33H2,1-4H3,(H,51,52)(H,53,62)(H,54,61)(H,57,64). The van der Waals surface area contributed by atoms with Gasteiger partial charge in [0.25, 0.3) is 5.91 Å². The number of carbonyl (C=O) groups is 5. The minimum atomic E-state index is -4.33. The zero-order valence-corrected chi connectivity index (χ0v) is 42.6. The summed E-state index contributed by atoms with van der Waals surface area (Å²) < 4.78 is 75.3. The molecule has 6 rings (SSSR count). The van der Waals surface area contributed by atoms with Gasteiger partial charge in [-0.1, -0.05) is 54.6 Å². The molecule has 4 aromatic carbocycles. The summed E-state index contributed by atoms with van der Waals surface area (Å²) in [5.41, 5.74) is 2.16. The largest absolute Gasteiger partial charge is 0.468 e. The van der Waals surface area contributed by atoms with E-state index in [-0.39, 0.29) is 47.9 Å². The molecular formula is C50H61N9O12S2. The first-order valence-electron chi connectivity index (χ1n) is 23.6.